The molecule has 0 saturated carbocycles. The van der Waals surface area contributed by atoms with Gasteiger partial charge in [-0.1, -0.05) is 30.3 Å². The van der Waals surface area contributed by atoms with Crippen molar-refractivity contribution in [2.75, 3.05) is 27.2 Å². The summed E-state index contributed by atoms with van der Waals surface area (Å²) in [5, 5.41) is 3.52. The summed E-state index contributed by atoms with van der Waals surface area (Å²) in [5.74, 6) is 0. The molecule has 1 N–H and O–H groups in total. The largest absolute Gasteiger partial charge is 0.313 e. The van der Waals surface area contributed by atoms with E-state index in [1.165, 1.54) is 5.56 Å². The molecule has 0 heterocycles. The Hall–Kier alpha value is -0.860. The second-order valence-corrected chi connectivity index (χ2v) is 4.35. The van der Waals surface area contributed by atoms with Gasteiger partial charge >= 0.3 is 0 Å². The fourth-order valence-corrected chi connectivity index (χ4v) is 1.57. The van der Waals surface area contributed by atoms with E-state index in [9.17, 15) is 0 Å². The number of rotatable bonds is 6. The van der Waals surface area contributed by atoms with Crippen LogP contribution in [0.4, 0.5) is 0 Å². The molecule has 0 saturated heterocycles. The Morgan fingerprint density at radius 3 is 2.47 bits per heavy atom. The molecule has 0 spiro atoms. The molecular formula is C13H22N2. The van der Waals surface area contributed by atoms with Crippen LogP contribution in [-0.4, -0.2) is 38.1 Å². The highest BCUT2D eigenvalue weighted by Gasteiger charge is 2.01. The average molecular weight is 206 g/mol. The minimum atomic E-state index is 0.548. The lowest BCUT2D eigenvalue weighted by Crippen LogP contribution is -2.34. The van der Waals surface area contributed by atoms with E-state index in [0.717, 1.165) is 19.5 Å². The van der Waals surface area contributed by atoms with Gasteiger partial charge in [-0.15, -0.1) is 0 Å². The number of hydrogen-bond acceptors (Lipinski definition) is 2. The zero-order valence-corrected chi connectivity index (χ0v) is 10.0. The molecule has 0 aliphatic carbocycles. The second-order valence-electron chi connectivity index (χ2n) is 4.35. The molecule has 0 aromatic heterocycles. The summed E-state index contributed by atoms with van der Waals surface area (Å²) < 4.78 is 0. The van der Waals surface area contributed by atoms with Crippen LogP contribution in [0, 0.1) is 0 Å². The zero-order valence-electron chi connectivity index (χ0n) is 10.0. The molecule has 2 nitrogen and oxygen atoms in total. The lowest BCUT2D eigenvalue weighted by atomic mass is 10.1. The molecule has 0 bridgehead atoms. The first-order chi connectivity index (χ1) is 7.18. The standard InChI is InChI=1S/C13H22N2/c1-12(14-9-10-15(2)3)11-13-7-5-4-6-8-13/h4-8,12,14H,9-11H2,1-3H3. The van der Waals surface area contributed by atoms with Gasteiger partial charge in [0.15, 0.2) is 0 Å². The summed E-state index contributed by atoms with van der Waals surface area (Å²) >= 11 is 0. The van der Waals surface area contributed by atoms with Crippen LogP contribution < -0.4 is 5.32 Å². The molecular weight excluding hydrogens is 184 g/mol. The van der Waals surface area contributed by atoms with E-state index in [-0.39, 0.29) is 0 Å². The van der Waals surface area contributed by atoms with Gasteiger partial charge in [-0.25, -0.2) is 0 Å². The molecule has 2 heteroatoms. The Balaban J connectivity index is 2.21. The van der Waals surface area contributed by atoms with Gasteiger partial charge in [-0.05, 0) is 33.0 Å². The molecule has 1 rings (SSSR count). The van der Waals surface area contributed by atoms with E-state index in [4.69, 9.17) is 0 Å². The summed E-state index contributed by atoms with van der Waals surface area (Å²) in [7, 11) is 4.20. The molecule has 0 radical (unpaired) electrons. The van der Waals surface area contributed by atoms with E-state index < -0.39 is 0 Å². The van der Waals surface area contributed by atoms with Crippen LogP contribution in [0.3, 0.4) is 0 Å². The Labute approximate surface area is 93.3 Å². The minimum Gasteiger partial charge on any atom is -0.313 e. The zero-order chi connectivity index (χ0) is 11.1. The smallest absolute Gasteiger partial charge is 0.0101 e. The highest BCUT2D eigenvalue weighted by molar-refractivity contribution is 5.15. The Kier molecular flexibility index (Phi) is 5.37. The van der Waals surface area contributed by atoms with Gasteiger partial charge in [0.25, 0.3) is 0 Å². The maximum atomic E-state index is 3.52. The van der Waals surface area contributed by atoms with Crippen molar-refractivity contribution in [1.29, 1.82) is 0 Å². The highest BCUT2D eigenvalue weighted by Crippen LogP contribution is 2.02. The Morgan fingerprint density at radius 1 is 1.20 bits per heavy atom. The number of nitrogens with one attached hydrogen (secondary N) is 1. The Morgan fingerprint density at radius 2 is 1.87 bits per heavy atom. The quantitative estimate of drug-likeness (QED) is 0.763. The molecule has 0 aliphatic rings. The van der Waals surface area contributed by atoms with Crippen molar-refractivity contribution in [1.82, 2.24) is 10.2 Å². The van der Waals surface area contributed by atoms with Crippen LogP contribution in [-0.2, 0) is 6.42 Å². The predicted octanol–water partition coefficient (Wildman–Crippen LogP) is 1.77. The topological polar surface area (TPSA) is 15.3 Å². The third kappa shape index (κ3) is 5.55. The van der Waals surface area contributed by atoms with Crippen LogP contribution >= 0.6 is 0 Å². The maximum Gasteiger partial charge on any atom is 0.0101 e. The van der Waals surface area contributed by atoms with Crippen LogP contribution in [0.1, 0.15) is 12.5 Å². The fourth-order valence-electron chi connectivity index (χ4n) is 1.57. The van der Waals surface area contributed by atoms with Crippen LogP contribution in [0.5, 0.6) is 0 Å². The first kappa shape index (κ1) is 12.2. The molecule has 0 aliphatic heterocycles. The summed E-state index contributed by atoms with van der Waals surface area (Å²) in [4.78, 5) is 2.20. The normalized spacial score (nSPS) is 13.1. The van der Waals surface area contributed by atoms with Crippen molar-refractivity contribution < 1.29 is 0 Å². The molecule has 1 unspecified atom stereocenters. The van der Waals surface area contributed by atoms with E-state index in [1.807, 2.05) is 0 Å². The van der Waals surface area contributed by atoms with Gasteiger partial charge in [0, 0.05) is 19.1 Å². The average Bonchev–Trinajstić information content (AvgIpc) is 2.18. The van der Waals surface area contributed by atoms with Crippen molar-refractivity contribution in [3.63, 3.8) is 0 Å². The first-order valence-corrected chi connectivity index (χ1v) is 5.60. The van der Waals surface area contributed by atoms with Gasteiger partial charge in [0.05, 0.1) is 0 Å². The summed E-state index contributed by atoms with van der Waals surface area (Å²) in [6.07, 6.45) is 1.11. The summed E-state index contributed by atoms with van der Waals surface area (Å²) in [6.45, 7) is 4.39. The van der Waals surface area contributed by atoms with Crippen LogP contribution in [0.25, 0.3) is 0 Å². The molecule has 84 valence electrons. The summed E-state index contributed by atoms with van der Waals surface area (Å²) in [6, 6.07) is 11.2. The molecule has 1 atom stereocenters. The molecule has 0 fully saturated rings. The molecule has 1 aromatic rings. The van der Waals surface area contributed by atoms with Crippen molar-refractivity contribution >= 4 is 0 Å². The third-order valence-corrected chi connectivity index (χ3v) is 2.44. The first-order valence-electron chi connectivity index (χ1n) is 5.60. The van der Waals surface area contributed by atoms with E-state index >= 15 is 0 Å². The van der Waals surface area contributed by atoms with Crippen molar-refractivity contribution in [2.24, 2.45) is 0 Å². The monoisotopic (exact) mass is 206 g/mol. The van der Waals surface area contributed by atoms with E-state index in [2.05, 4.69) is 61.6 Å². The van der Waals surface area contributed by atoms with Crippen molar-refractivity contribution in [3.8, 4) is 0 Å². The number of benzene rings is 1. The number of nitrogens with zero attached hydrogens (tertiary/aromatic N) is 1. The van der Waals surface area contributed by atoms with Gasteiger partial charge in [0.2, 0.25) is 0 Å². The Bertz CT molecular complexity index is 256. The van der Waals surface area contributed by atoms with Crippen molar-refractivity contribution in [3.05, 3.63) is 35.9 Å². The van der Waals surface area contributed by atoms with Gasteiger partial charge in [0.1, 0.15) is 0 Å². The van der Waals surface area contributed by atoms with Crippen LogP contribution in [0.2, 0.25) is 0 Å². The molecule has 1 aromatic carbocycles. The third-order valence-electron chi connectivity index (χ3n) is 2.44. The second kappa shape index (κ2) is 6.59. The number of hydrogen-bond donors (Lipinski definition) is 1. The maximum absolute atomic E-state index is 3.52. The SMILES string of the molecule is CC(Cc1ccccc1)NCCN(C)C. The fraction of sp³-hybridized carbons (Fsp3) is 0.538. The van der Waals surface area contributed by atoms with Gasteiger partial charge in [-0.2, -0.15) is 0 Å². The van der Waals surface area contributed by atoms with E-state index in [1.54, 1.807) is 0 Å². The lowest BCUT2D eigenvalue weighted by Gasteiger charge is -2.16. The highest BCUT2D eigenvalue weighted by atomic mass is 15.1. The minimum absolute atomic E-state index is 0.548. The van der Waals surface area contributed by atoms with Crippen molar-refractivity contribution in [2.45, 2.75) is 19.4 Å². The summed E-state index contributed by atoms with van der Waals surface area (Å²) in [5.41, 5.74) is 1.40. The lowest BCUT2D eigenvalue weighted by molar-refractivity contribution is 0.387. The molecule has 0 amide bonds. The van der Waals surface area contributed by atoms with Gasteiger partial charge in [-0.3, -0.25) is 0 Å². The van der Waals surface area contributed by atoms with Crippen LogP contribution in [0.15, 0.2) is 30.3 Å². The van der Waals surface area contributed by atoms with Gasteiger partial charge < -0.3 is 10.2 Å². The number of likely N-dealkylation sites (N-methyl/N-ethyl adjacent to an activating group) is 1. The predicted molar refractivity (Wildman–Crippen MR) is 66.2 cm³/mol. The molecule has 15 heavy (non-hydrogen) atoms. The van der Waals surface area contributed by atoms with E-state index in [0.29, 0.717) is 6.04 Å².